The van der Waals surface area contributed by atoms with Crippen LogP contribution >= 0.6 is 0 Å². The van der Waals surface area contributed by atoms with Gasteiger partial charge in [0.25, 0.3) is 0 Å². The van der Waals surface area contributed by atoms with E-state index in [-0.39, 0.29) is 37.5 Å². The minimum absolute atomic E-state index is 0.113. The first-order chi connectivity index (χ1) is 30.0. The Balaban J connectivity index is 4.51. The fraction of sp³-hybridized carbons (Fsp3) is 0.655. The van der Waals surface area contributed by atoms with Crippen LogP contribution < -0.4 is 0 Å². The van der Waals surface area contributed by atoms with Gasteiger partial charge in [-0.2, -0.15) is 0 Å². The Morgan fingerprint density at radius 1 is 0.344 bits per heavy atom. The highest BCUT2D eigenvalue weighted by Crippen LogP contribution is 2.14. The van der Waals surface area contributed by atoms with Crippen molar-refractivity contribution >= 4 is 17.9 Å². The molecule has 1 unspecified atom stereocenters. The van der Waals surface area contributed by atoms with E-state index in [1.807, 2.05) is 54.7 Å². The van der Waals surface area contributed by atoms with Crippen molar-refractivity contribution < 1.29 is 28.6 Å². The Kier molecular flexibility index (Phi) is 46.0. The van der Waals surface area contributed by atoms with Gasteiger partial charge in [0.05, 0.1) is 0 Å². The molecule has 0 radical (unpaired) electrons. The molecule has 0 N–H and O–H groups in total. The van der Waals surface area contributed by atoms with Crippen molar-refractivity contribution in [2.75, 3.05) is 13.2 Å². The molecule has 0 spiro atoms. The monoisotopic (exact) mass is 847 g/mol. The van der Waals surface area contributed by atoms with Gasteiger partial charge in [0.1, 0.15) is 13.2 Å². The molecule has 0 aliphatic carbocycles. The lowest BCUT2D eigenvalue weighted by Crippen LogP contribution is -2.30. The zero-order valence-corrected chi connectivity index (χ0v) is 39.4. The molecule has 6 nitrogen and oxygen atoms in total. The predicted octanol–water partition coefficient (Wildman–Crippen LogP) is 16.2. The summed E-state index contributed by atoms with van der Waals surface area (Å²) in [6, 6.07) is 0. The summed E-state index contributed by atoms with van der Waals surface area (Å²) in [4.78, 5) is 37.9. The van der Waals surface area contributed by atoms with Crippen molar-refractivity contribution in [3.63, 3.8) is 0 Å². The maximum Gasteiger partial charge on any atom is 0.306 e. The van der Waals surface area contributed by atoms with Crippen LogP contribution in [0.1, 0.15) is 213 Å². The first-order valence-corrected chi connectivity index (χ1v) is 24.8. The zero-order valence-electron chi connectivity index (χ0n) is 39.4. The van der Waals surface area contributed by atoms with Crippen LogP contribution in [0.5, 0.6) is 0 Å². The number of hydrogen-bond donors (Lipinski definition) is 0. The standard InChI is InChI=1S/C55H90O6/c1-4-7-10-13-16-19-22-25-26-27-28-29-31-33-36-39-42-45-48-54(57)60-51-52(50-59-53(56)47-44-41-38-35-32-24-21-18-15-12-9-6-3)61-55(58)49-46-43-40-37-34-30-23-20-17-14-11-8-5-2/h8,11,14,17,20,22-23,25-30,34,37,40,52H,4-7,9-10,12-13,15-16,18-19,21,24,31-33,35-36,38-39,41-51H2,1-3H3/b11-8-,17-14-,23-20-,25-22-,27-26-,29-28-,34-30-,40-37-. The molecule has 346 valence electrons. The number of carbonyl (C=O) groups excluding carboxylic acids is 3. The van der Waals surface area contributed by atoms with Crippen molar-refractivity contribution in [1.29, 1.82) is 0 Å². The van der Waals surface area contributed by atoms with Gasteiger partial charge in [0.15, 0.2) is 6.10 Å². The third-order valence-electron chi connectivity index (χ3n) is 10.3. The molecule has 0 aromatic heterocycles. The summed E-state index contributed by atoms with van der Waals surface area (Å²) in [6.45, 7) is 6.38. The van der Waals surface area contributed by atoms with Crippen molar-refractivity contribution in [1.82, 2.24) is 0 Å². The van der Waals surface area contributed by atoms with Gasteiger partial charge >= 0.3 is 17.9 Å². The van der Waals surface area contributed by atoms with E-state index in [1.54, 1.807) is 0 Å². The molecule has 0 rings (SSSR count). The first kappa shape index (κ1) is 57.3. The normalized spacial score (nSPS) is 12.9. The van der Waals surface area contributed by atoms with Gasteiger partial charge in [-0.3, -0.25) is 14.4 Å². The van der Waals surface area contributed by atoms with E-state index in [0.29, 0.717) is 19.3 Å². The summed E-state index contributed by atoms with van der Waals surface area (Å²) in [6.07, 6.45) is 63.9. The van der Waals surface area contributed by atoms with Crippen LogP contribution in [0.15, 0.2) is 97.2 Å². The molecule has 0 bridgehead atoms. The quantitative estimate of drug-likeness (QED) is 0.0263. The van der Waals surface area contributed by atoms with Crippen LogP contribution in [0, 0.1) is 0 Å². The SMILES string of the molecule is CC\C=C/C=C\C=C/C=C\C=C/CCCC(=O)OC(COC(=O)CCCCCCC\C=C/C=C\C=C/CCCCCCC)COC(=O)CCCCCCCCCCCCCC. The van der Waals surface area contributed by atoms with E-state index in [4.69, 9.17) is 14.2 Å². The van der Waals surface area contributed by atoms with Crippen molar-refractivity contribution in [2.24, 2.45) is 0 Å². The van der Waals surface area contributed by atoms with Crippen molar-refractivity contribution in [3.8, 4) is 0 Å². The Labute approximate surface area is 375 Å². The van der Waals surface area contributed by atoms with E-state index in [2.05, 4.69) is 63.3 Å². The summed E-state index contributed by atoms with van der Waals surface area (Å²) in [7, 11) is 0. The second-order valence-electron chi connectivity index (χ2n) is 16.2. The van der Waals surface area contributed by atoms with Crippen LogP contribution in [0.4, 0.5) is 0 Å². The van der Waals surface area contributed by atoms with E-state index < -0.39 is 6.10 Å². The largest absolute Gasteiger partial charge is 0.462 e. The molecule has 0 fully saturated rings. The minimum atomic E-state index is -0.821. The number of carbonyl (C=O) groups is 3. The zero-order chi connectivity index (χ0) is 44.4. The summed E-state index contributed by atoms with van der Waals surface area (Å²) in [5, 5.41) is 0. The fourth-order valence-corrected chi connectivity index (χ4v) is 6.53. The van der Waals surface area contributed by atoms with E-state index in [1.165, 1.54) is 89.9 Å². The van der Waals surface area contributed by atoms with Crippen LogP contribution in [-0.2, 0) is 28.6 Å². The number of allylic oxidation sites excluding steroid dienone is 16. The molecule has 0 amide bonds. The third kappa shape index (κ3) is 47.2. The maximum atomic E-state index is 12.7. The number of esters is 3. The van der Waals surface area contributed by atoms with Crippen molar-refractivity contribution in [2.45, 2.75) is 219 Å². The first-order valence-electron chi connectivity index (χ1n) is 24.8. The van der Waals surface area contributed by atoms with E-state index >= 15 is 0 Å². The van der Waals surface area contributed by atoms with Gasteiger partial charge in [-0.1, -0.05) is 234 Å². The van der Waals surface area contributed by atoms with Gasteiger partial charge in [0.2, 0.25) is 0 Å². The van der Waals surface area contributed by atoms with Gasteiger partial charge in [-0.05, 0) is 57.8 Å². The molecule has 0 saturated carbocycles. The lowest BCUT2D eigenvalue weighted by atomic mass is 10.0. The Hall–Kier alpha value is -3.67. The fourth-order valence-electron chi connectivity index (χ4n) is 6.53. The summed E-state index contributed by atoms with van der Waals surface area (Å²) in [5.41, 5.74) is 0. The van der Waals surface area contributed by atoms with Crippen LogP contribution in [-0.4, -0.2) is 37.2 Å². The Morgan fingerprint density at radius 2 is 0.656 bits per heavy atom. The average molecular weight is 847 g/mol. The molecule has 1 atom stereocenters. The molecular weight excluding hydrogens is 757 g/mol. The lowest BCUT2D eigenvalue weighted by molar-refractivity contribution is -0.167. The maximum absolute atomic E-state index is 12.7. The second-order valence-corrected chi connectivity index (χ2v) is 16.2. The molecular formula is C55H90O6. The number of ether oxygens (including phenoxy) is 3. The number of rotatable bonds is 43. The van der Waals surface area contributed by atoms with Crippen LogP contribution in [0.3, 0.4) is 0 Å². The third-order valence-corrected chi connectivity index (χ3v) is 10.3. The minimum Gasteiger partial charge on any atom is -0.462 e. The lowest BCUT2D eigenvalue weighted by Gasteiger charge is -2.18. The molecule has 0 aromatic rings. The second kappa shape index (κ2) is 49.0. The Morgan fingerprint density at radius 3 is 1.05 bits per heavy atom. The predicted molar refractivity (Wildman–Crippen MR) is 260 cm³/mol. The summed E-state index contributed by atoms with van der Waals surface area (Å²) >= 11 is 0. The molecule has 0 aromatic carbocycles. The van der Waals surface area contributed by atoms with E-state index in [9.17, 15) is 14.4 Å². The van der Waals surface area contributed by atoms with E-state index in [0.717, 1.165) is 77.0 Å². The molecule has 0 aliphatic rings. The molecule has 6 heteroatoms. The van der Waals surface area contributed by atoms with Gasteiger partial charge in [-0.25, -0.2) is 0 Å². The number of hydrogen-bond acceptors (Lipinski definition) is 6. The highest BCUT2D eigenvalue weighted by Gasteiger charge is 2.19. The topological polar surface area (TPSA) is 78.9 Å². The molecule has 61 heavy (non-hydrogen) atoms. The van der Waals surface area contributed by atoms with Gasteiger partial charge < -0.3 is 14.2 Å². The van der Waals surface area contributed by atoms with Crippen molar-refractivity contribution in [3.05, 3.63) is 97.2 Å². The van der Waals surface area contributed by atoms with Gasteiger partial charge in [-0.15, -0.1) is 0 Å². The van der Waals surface area contributed by atoms with Gasteiger partial charge in [0, 0.05) is 19.3 Å². The molecule has 0 aliphatic heterocycles. The highest BCUT2D eigenvalue weighted by atomic mass is 16.6. The van der Waals surface area contributed by atoms with Crippen LogP contribution in [0.2, 0.25) is 0 Å². The smallest absolute Gasteiger partial charge is 0.306 e. The number of unbranched alkanes of at least 4 members (excludes halogenated alkanes) is 22. The average Bonchev–Trinajstić information content (AvgIpc) is 3.26. The van der Waals surface area contributed by atoms with Crippen LogP contribution in [0.25, 0.3) is 0 Å². The summed E-state index contributed by atoms with van der Waals surface area (Å²) in [5.74, 6) is -1.01. The molecule has 0 heterocycles. The highest BCUT2D eigenvalue weighted by molar-refractivity contribution is 5.71. The molecule has 0 saturated heterocycles. The Bertz CT molecular complexity index is 1250. The summed E-state index contributed by atoms with van der Waals surface area (Å²) < 4.78 is 16.7.